The molecule has 0 spiro atoms. The molecule has 4 rings (SSSR count). The lowest BCUT2D eigenvalue weighted by Gasteiger charge is -2.21. The van der Waals surface area contributed by atoms with Gasteiger partial charge in [-0.2, -0.15) is 0 Å². The number of carboxylic acids is 1. The molecule has 4 nitrogen and oxygen atoms in total. The lowest BCUT2D eigenvalue weighted by Crippen LogP contribution is -2.20. The van der Waals surface area contributed by atoms with Gasteiger partial charge >= 0.3 is 5.97 Å². The second kappa shape index (κ2) is 8.27. The number of benzene rings is 2. The van der Waals surface area contributed by atoms with Crippen molar-refractivity contribution in [2.45, 2.75) is 38.0 Å². The molecule has 1 N–H and O–H groups in total. The van der Waals surface area contributed by atoms with Crippen LogP contribution in [0.1, 0.15) is 49.1 Å². The molecule has 4 atom stereocenters. The summed E-state index contributed by atoms with van der Waals surface area (Å²) in [5.41, 5.74) is 2.19. The summed E-state index contributed by atoms with van der Waals surface area (Å²) in [6, 6.07) is 13.8. The van der Waals surface area contributed by atoms with Gasteiger partial charge in [-0.1, -0.05) is 30.7 Å². The third-order valence-corrected chi connectivity index (χ3v) is 6.63. The Hall–Kier alpha value is -2.20. The van der Waals surface area contributed by atoms with E-state index in [1.54, 1.807) is 7.11 Å². The topological polar surface area (TPSA) is 55.8 Å². The first-order valence-corrected chi connectivity index (χ1v) is 10.6. The van der Waals surface area contributed by atoms with Gasteiger partial charge in [0.25, 0.3) is 0 Å². The molecule has 2 aliphatic carbocycles. The van der Waals surface area contributed by atoms with Crippen molar-refractivity contribution in [3.05, 3.63) is 58.6 Å². The Bertz CT molecular complexity index is 892. The number of aliphatic carboxylic acids is 1. The molecule has 2 aromatic carbocycles. The molecule has 2 saturated carbocycles. The number of carbonyl (C=O) groups is 1. The van der Waals surface area contributed by atoms with Gasteiger partial charge in [0.1, 0.15) is 11.5 Å². The van der Waals surface area contributed by atoms with E-state index in [-0.39, 0.29) is 11.8 Å². The van der Waals surface area contributed by atoms with E-state index in [1.807, 2.05) is 49.4 Å². The van der Waals surface area contributed by atoms with Gasteiger partial charge in [0.2, 0.25) is 0 Å². The summed E-state index contributed by atoms with van der Waals surface area (Å²) < 4.78 is 11.4. The van der Waals surface area contributed by atoms with Gasteiger partial charge < -0.3 is 14.6 Å². The molecule has 0 heterocycles. The van der Waals surface area contributed by atoms with Crippen LogP contribution in [0.15, 0.2) is 42.5 Å². The Morgan fingerprint density at radius 2 is 2.00 bits per heavy atom. The molecule has 0 bridgehead atoms. The molecule has 0 amide bonds. The summed E-state index contributed by atoms with van der Waals surface area (Å²) in [5.74, 6) is 1.87. The number of ether oxygens (including phenoxy) is 2. The predicted octanol–water partition coefficient (Wildman–Crippen LogP) is 5.75. The van der Waals surface area contributed by atoms with E-state index in [2.05, 4.69) is 0 Å². The van der Waals surface area contributed by atoms with Gasteiger partial charge in [-0.25, -0.2) is 0 Å². The molecule has 0 unspecified atom stereocenters. The van der Waals surface area contributed by atoms with E-state index in [0.29, 0.717) is 24.4 Å². The minimum Gasteiger partial charge on any atom is -0.497 e. The number of halogens is 1. The zero-order valence-electron chi connectivity index (χ0n) is 16.8. The highest BCUT2D eigenvalue weighted by Gasteiger charge is 2.41. The summed E-state index contributed by atoms with van der Waals surface area (Å²) in [6.07, 6.45) is 3.27. The number of hydrogen-bond donors (Lipinski definition) is 1. The molecule has 5 heteroatoms. The van der Waals surface area contributed by atoms with Gasteiger partial charge in [-0.3, -0.25) is 4.79 Å². The number of methoxy groups -OCH3 is 1. The van der Waals surface area contributed by atoms with E-state index >= 15 is 0 Å². The highest BCUT2D eigenvalue weighted by atomic mass is 35.5. The molecule has 2 fully saturated rings. The van der Waals surface area contributed by atoms with E-state index in [0.717, 1.165) is 46.9 Å². The SMILES string of the molecule is COc1ccc(Cl)c([C@H]2C[C@@H]2COc2cccc([C@H](C3CC3)[C@H](C)C(=O)O)c2)c1. The molecule has 0 radical (unpaired) electrons. The maximum absolute atomic E-state index is 11.5. The Morgan fingerprint density at radius 3 is 2.69 bits per heavy atom. The second-order valence-corrected chi connectivity index (χ2v) is 8.77. The van der Waals surface area contributed by atoms with Crippen molar-refractivity contribution in [2.75, 3.05) is 13.7 Å². The molecular weight excluding hydrogens is 388 g/mol. The highest BCUT2D eigenvalue weighted by Crippen LogP contribution is 2.51. The third kappa shape index (κ3) is 4.53. The van der Waals surface area contributed by atoms with Crippen LogP contribution in [0.3, 0.4) is 0 Å². The van der Waals surface area contributed by atoms with Crippen LogP contribution < -0.4 is 9.47 Å². The average molecular weight is 415 g/mol. The molecule has 29 heavy (non-hydrogen) atoms. The average Bonchev–Trinajstić information content (AvgIpc) is 3.63. The quantitative estimate of drug-likeness (QED) is 0.568. The van der Waals surface area contributed by atoms with Crippen molar-refractivity contribution >= 4 is 17.6 Å². The molecule has 2 aliphatic rings. The van der Waals surface area contributed by atoms with Crippen LogP contribution in [0, 0.1) is 17.8 Å². The van der Waals surface area contributed by atoms with Crippen LogP contribution >= 0.6 is 11.6 Å². The first kappa shape index (κ1) is 20.1. The zero-order valence-corrected chi connectivity index (χ0v) is 17.6. The van der Waals surface area contributed by atoms with Crippen LogP contribution in [0.25, 0.3) is 0 Å². The fraction of sp³-hybridized carbons (Fsp3) is 0.458. The molecule has 0 saturated heterocycles. The third-order valence-electron chi connectivity index (χ3n) is 6.29. The summed E-state index contributed by atoms with van der Waals surface area (Å²) in [4.78, 5) is 11.5. The van der Waals surface area contributed by atoms with E-state index in [9.17, 15) is 9.90 Å². The van der Waals surface area contributed by atoms with Gasteiger partial charge in [0, 0.05) is 10.9 Å². The van der Waals surface area contributed by atoms with E-state index in [4.69, 9.17) is 21.1 Å². The first-order chi connectivity index (χ1) is 14.0. The monoisotopic (exact) mass is 414 g/mol. The van der Waals surface area contributed by atoms with Gasteiger partial charge in [0.05, 0.1) is 19.6 Å². The van der Waals surface area contributed by atoms with Gasteiger partial charge in [0.15, 0.2) is 0 Å². The smallest absolute Gasteiger partial charge is 0.306 e. The first-order valence-electron chi connectivity index (χ1n) is 10.3. The summed E-state index contributed by atoms with van der Waals surface area (Å²) in [7, 11) is 1.66. The Balaban J connectivity index is 1.40. The van der Waals surface area contributed by atoms with Crippen LogP contribution in [0.5, 0.6) is 11.5 Å². The fourth-order valence-corrected chi connectivity index (χ4v) is 4.60. The fourth-order valence-electron chi connectivity index (χ4n) is 4.34. The van der Waals surface area contributed by atoms with Crippen LogP contribution in [-0.2, 0) is 4.79 Å². The molecular formula is C24H27ClO4. The van der Waals surface area contributed by atoms with Crippen LogP contribution in [-0.4, -0.2) is 24.8 Å². The lowest BCUT2D eigenvalue weighted by molar-refractivity contribution is -0.142. The van der Waals surface area contributed by atoms with Crippen molar-refractivity contribution in [1.82, 2.24) is 0 Å². The largest absolute Gasteiger partial charge is 0.497 e. The molecule has 0 aliphatic heterocycles. The molecule has 0 aromatic heterocycles. The number of hydrogen-bond acceptors (Lipinski definition) is 3. The number of rotatable bonds is 9. The Morgan fingerprint density at radius 1 is 1.21 bits per heavy atom. The molecule has 154 valence electrons. The van der Waals surface area contributed by atoms with Crippen molar-refractivity contribution < 1.29 is 19.4 Å². The zero-order chi connectivity index (χ0) is 20.5. The van der Waals surface area contributed by atoms with Crippen LogP contribution in [0.4, 0.5) is 0 Å². The predicted molar refractivity (Wildman–Crippen MR) is 113 cm³/mol. The van der Waals surface area contributed by atoms with Crippen molar-refractivity contribution in [3.8, 4) is 11.5 Å². The normalized spacial score (nSPS) is 22.6. The van der Waals surface area contributed by atoms with Crippen molar-refractivity contribution in [1.29, 1.82) is 0 Å². The maximum atomic E-state index is 11.5. The maximum Gasteiger partial charge on any atom is 0.306 e. The summed E-state index contributed by atoms with van der Waals surface area (Å²) >= 11 is 6.37. The van der Waals surface area contributed by atoms with E-state index < -0.39 is 5.97 Å². The van der Waals surface area contributed by atoms with Crippen LogP contribution in [0.2, 0.25) is 5.02 Å². The Kier molecular flexibility index (Phi) is 5.73. The minimum atomic E-state index is -0.732. The summed E-state index contributed by atoms with van der Waals surface area (Å²) in [6.45, 7) is 2.44. The molecule has 2 aromatic rings. The van der Waals surface area contributed by atoms with Crippen molar-refractivity contribution in [3.63, 3.8) is 0 Å². The summed E-state index contributed by atoms with van der Waals surface area (Å²) in [5, 5.41) is 10.3. The second-order valence-electron chi connectivity index (χ2n) is 8.36. The minimum absolute atomic E-state index is 0.0558. The number of carboxylic acid groups (broad SMARTS) is 1. The standard InChI is InChI=1S/C24H27ClO4/c1-14(24(26)27)23(15-6-7-15)16-4-3-5-19(10-16)29-13-17-11-20(17)21-12-18(28-2)8-9-22(21)25/h3-5,8-10,12,14-15,17,20,23H,6-7,11,13H2,1-2H3,(H,26,27)/t14-,17+,20-,23-/m0/s1. The van der Waals surface area contributed by atoms with Gasteiger partial charge in [-0.05, 0) is 78.5 Å². The lowest BCUT2D eigenvalue weighted by atomic mass is 9.83. The van der Waals surface area contributed by atoms with Crippen molar-refractivity contribution in [2.24, 2.45) is 17.8 Å². The van der Waals surface area contributed by atoms with Gasteiger partial charge in [-0.15, -0.1) is 0 Å². The van der Waals surface area contributed by atoms with E-state index in [1.165, 1.54) is 0 Å². The Labute approximate surface area is 176 Å². The highest BCUT2D eigenvalue weighted by molar-refractivity contribution is 6.31.